The molecule has 5 heteroatoms. The number of piperazine rings is 1. The Morgan fingerprint density at radius 3 is 2.46 bits per heavy atom. The third-order valence-corrected chi connectivity index (χ3v) is 5.49. The quantitative estimate of drug-likeness (QED) is 0.655. The number of hydrogen-bond acceptors (Lipinski definition) is 2. The molecule has 0 unspecified atom stereocenters. The van der Waals surface area contributed by atoms with Crippen LogP contribution in [-0.2, 0) is 4.79 Å². The maximum absolute atomic E-state index is 12.7. The number of rotatable bonds is 7. The predicted octanol–water partition coefficient (Wildman–Crippen LogP) is 0.519. The normalized spacial score (nSPS) is 20.6. The molecular weight excluding hydrogens is 350 g/mol. The van der Waals surface area contributed by atoms with Crippen molar-refractivity contribution in [3.05, 3.63) is 66.2 Å². The Kier molecular flexibility index (Phi) is 7.23. The van der Waals surface area contributed by atoms with E-state index in [1.165, 1.54) is 10.5 Å². The summed E-state index contributed by atoms with van der Waals surface area (Å²) in [7, 11) is 1.62. The first-order chi connectivity index (χ1) is 13.7. The van der Waals surface area contributed by atoms with Crippen molar-refractivity contribution in [3.8, 4) is 5.75 Å². The molecule has 1 heterocycles. The Morgan fingerprint density at radius 2 is 1.75 bits per heavy atom. The highest BCUT2D eigenvalue weighted by molar-refractivity contribution is 5.94. The number of carbonyl (C=O) groups is 1. The van der Waals surface area contributed by atoms with Gasteiger partial charge in [0, 0.05) is 0 Å². The van der Waals surface area contributed by atoms with Crippen molar-refractivity contribution in [2.75, 3.05) is 45.2 Å². The lowest BCUT2D eigenvalue weighted by atomic mass is 10.2. The number of nitrogens with one attached hydrogen (secondary N) is 3. The zero-order valence-corrected chi connectivity index (χ0v) is 16.8. The zero-order chi connectivity index (χ0) is 19.8. The van der Waals surface area contributed by atoms with Crippen LogP contribution in [-0.4, -0.2) is 51.8 Å². The summed E-state index contributed by atoms with van der Waals surface area (Å²) in [6, 6.07) is 17.9. The molecule has 2 aromatic rings. The number of amides is 1. The van der Waals surface area contributed by atoms with Gasteiger partial charge in [-0.3, -0.25) is 4.79 Å². The van der Waals surface area contributed by atoms with Crippen LogP contribution in [0.1, 0.15) is 12.5 Å². The number of benzene rings is 2. The molecule has 3 rings (SSSR count). The van der Waals surface area contributed by atoms with Crippen LogP contribution in [0.15, 0.2) is 60.7 Å². The highest BCUT2D eigenvalue weighted by atomic mass is 16.5. The first kappa shape index (κ1) is 20.1. The summed E-state index contributed by atoms with van der Waals surface area (Å²) in [6.45, 7) is 7.23. The Hall–Kier alpha value is -2.63. The molecule has 0 bridgehead atoms. The fourth-order valence-electron chi connectivity index (χ4n) is 3.66. The lowest BCUT2D eigenvalue weighted by molar-refractivity contribution is -1.02. The van der Waals surface area contributed by atoms with E-state index in [0.717, 1.165) is 38.4 Å². The topological polar surface area (TPSA) is 47.2 Å². The van der Waals surface area contributed by atoms with Crippen molar-refractivity contribution in [1.29, 1.82) is 0 Å². The monoisotopic (exact) mass is 381 g/mol. The van der Waals surface area contributed by atoms with Crippen molar-refractivity contribution in [3.63, 3.8) is 0 Å². The van der Waals surface area contributed by atoms with Gasteiger partial charge in [0.05, 0.1) is 19.3 Å². The molecule has 3 N–H and O–H groups in total. The van der Waals surface area contributed by atoms with Gasteiger partial charge in [-0.2, -0.15) is 0 Å². The molecule has 0 saturated carbocycles. The third-order valence-electron chi connectivity index (χ3n) is 5.49. The van der Waals surface area contributed by atoms with Crippen molar-refractivity contribution < 1.29 is 19.3 Å². The zero-order valence-electron chi connectivity index (χ0n) is 16.8. The second-order valence-corrected chi connectivity index (χ2v) is 7.34. The standard InChI is InChI=1S/C23H29N3O2/c1-19(23(27)24-21-12-6-7-13-22(21)28-2)26-17-15-25(16-18-26)14-8-11-20-9-4-3-5-10-20/h3-13,19H,14-18H2,1-2H3,(H,24,27)/p+2/t19-/m0/s1. The molecule has 0 radical (unpaired) electrons. The van der Waals surface area contributed by atoms with E-state index in [1.807, 2.05) is 37.3 Å². The molecule has 1 amide bonds. The van der Waals surface area contributed by atoms with E-state index in [9.17, 15) is 4.79 Å². The van der Waals surface area contributed by atoms with Crippen LogP contribution in [0.25, 0.3) is 6.08 Å². The van der Waals surface area contributed by atoms with E-state index in [-0.39, 0.29) is 11.9 Å². The van der Waals surface area contributed by atoms with Gasteiger partial charge in [0.25, 0.3) is 5.91 Å². The van der Waals surface area contributed by atoms with E-state index in [0.29, 0.717) is 5.75 Å². The van der Waals surface area contributed by atoms with Crippen molar-refractivity contribution in [2.45, 2.75) is 13.0 Å². The van der Waals surface area contributed by atoms with Gasteiger partial charge >= 0.3 is 0 Å². The van der Waals surface area contributed by atoms with E-state index >= 15 is 0 Å². The molecule has 1 aliphatic rings. The van der Waals surface area contributed by atoms with Crippen LogP contribution in [0, 0.1) is 0 Å². The van der Waals surface area contributed by atoms with Gasteiger partial charge in [0.15, 0.2) is 6.04 Å². The first-order valence-corrected chi connectivity index (χ1v) is 10.0. The molecular formula is C23H31N3O2+2. The second-order valence-electron chi connectivity index (χ2n) is 7.34. The van der Waals surface area contributed by atoms with E-state index in [2.05, 4.69) is 41.7 Å². The van der Waals surface area contributed by atoms with Crippen LogP contribution in [0.4, 0.5) is 5.69 Å². The minimum Gasteiger partial charge on any atom is -0.495 e. The summed E-state index contributed by atoms with van der Waals surface area (Å²) in [6.07, 6.45) is 4.45. The number of ether oxygens (including phenoxy) is 1. The van der Waals surface area contributed by atoms with Gasteiger partial charge in [-0.25, -0.2) is 0 Å². The molecule has 5 nitrogen and oxygen atoms in total. The number of quaternary nitrogens is 2. The minimum atomic E-state index is -0.0775. The number of methoxy groups -OCH3 is 1. The molecule has 1 aliphatic heterocycles. The molecule has 2 aromatic carbocycles. The van der Waals surface area contributed by atoms with Crippen LogP contribution in [0.5, 0.6) is 5.75 Å². The van der Waals surface area contributed by atoms with Gasteiger partial charge in [-0.15, -0.1) is 0 Å². The number of anilines is 1. The van der Waals surface area contributed by atoms with Crippen molar-refractivity contribution in [2.24, 2.45) is 0 Å². The Morgan fingerprint density at radius 1 is 1.07 bits per heavy atom. The molecule has 28 heavy (non-hydrogen) atoms. The van der Waals surface area contributed by atoms with Crippen LogP contribution < -0.4 is 19.9 Å². The fourth-order valence-corrected chi connectivity index (χ4v) is 3.66. The van der Waals surface area contributed by atoms with Crippen LogP contribution in [0.3, 0.4) is 0 Å². The average Bonchev–Trinajstić information content (AvgIpc) is 2.75. The van der Waals surface area contributed by atoms with E-state index in [1.54, 1.807) is 12.0 Å². The number of para-hydroxylation sites is 2. The molecule has 0 aliphatic carbocycles. The smallest absolute Gasteiger partial charge is 0.282 e. The first-order valence-electron chi connectivity index (χ1n) is 10.0. The van der Waals surface area contributed by atoms with Gasteiger partial charge in [0.1, 0.15) is 31.9 Å². The Labute approximate surface area is 167 Å². The molecule has 1 fully saturated rings. The lowest BCUT2D eigenvalue weighted by Crippen LogP contribution is -3.29. The summed E-state index contributed by atoms with van der Waals surface area (Å²) in [5.74, 6) is 0.740. The molecule has 1 atom stereocenters. The minimum absolute atomic E-state index is 0.0481. The molecule has 0 aromatic heterocycles. The third kappa shape index (κ3) is 5.44. The summed E-state index contributed by atoms with van der Waals surface area (Å²) in [5.41, 5.74) is 1.98. The molecule has 148 valence electrons. The second kappa shape index (κ2) is 10.1. The Balaban J connectivity index is 1.46. The summed E-state index contributed by atoms with van der Waals surface area (Å²) < 4.78 is 5.32. The van der Waals surface area contributed by atoms with Crippen molar-refractivity contribution in [1.82, 2.24) is 0 Å². The van der Waals surface area contributed by atoms with Crippen LogP contribution in [0.2, 0.25) is 0 Å². The van der Waals surface area contributed by atoms with Gasteiger partial charge in [0.2, 0.25) is 0 Å². The van der Waals surface area contributed by atoms with Crippen LogP contribution >= 0.6 is 0 Å². The van der Waals surface area contributed by atoms with E-state index in [4.69, 9.17) is 4.74 Å². The molecule has 1 saturated heterocycles. The van der Waals surface area contributed by atoms with Gasteiger partial charge < -0.3 is 19.9 Å². The van der Waals surface area contributed by atoms with E-state index < -0.39 is 0 Å². The Bertz CT molecular complexity index is 783. The fraction of sp³-hybridized carbons (Fsp3) is 0.348. The van der Waals surface area contributed by atoms with Gasteiger partial charge in [-0.05, 0) is 30.7 Å². The number of hydrogen-bond donors (Lipinski definition) is 3. The lowest BCUT2D eigenvalue weighted by Gasteiger charge is -2.32. The molecule has 0 spiro atoms. The predicted molar refractivity (Wildman–Crippen MR) is 113 cm³/mol. The maximum Gasteiger partial charge on any atom is 0.282 e. The van der Waals surface area contributed by atoms with Crippen molar-refractivity contribution >= 4 is 17.7 Å². The largest absolute Gasteiger partial charge is 0.495 e. The summed E-state index contributed by atoms with van der Waals surface area (Å²) in [5, 5.41) is 3.02. The highest BCUT2D eigenvalue weighted by Gasteiger charge is 2.30. The van der Waals surface area contributed by atoms with Gasteiger partial charge in [-0.1, -0.05) is 48.5 Å². The SMILES string of the molecule is COc1ccccc1NC(=O)[C@H](C)[NH+]1CC[NH+](CC=Cc2ccccc2)CC1. The summed E-state index contributed by atoms with van der Waals surface area (Å²) in [4.78, 5) is 15.6. The summed E-state index contributed by atoms with van der Waals surface area (Å²) >= 11 is 0. The maximum atomic E-state index is 12.7. The average molecular weight is 382 g/mol. The number of carbonyl (C=O) groups excluding carboxylic acids is 1. The highest BCUT2D eigenvalue weighted by Crippen LogP contribution is 2.22.